The van der Waals surface area contributed by atoms with Crippen molar-refractivity contribution in [3.8, 4) is 0 Å². The Labute approximate surface area is 119 Å². The molecule has 2 heterocycles. The van der Waals surface area contributed by atoms with E-state index in [-0.39, 0.29) is 5.92 Å². The van der Waals surface area contributed by atoms with E-state index in [1.165, 1.54) is 4.31 Å². The van der Waals surface area contributed by atoms with Crippen LogP contribution in [-0.4, -0.2) is 43.7 Å². The molecule has 1 saturated heterocycles. The monoisotopic (exact) mass is 303 g/mol. The number of hydrogen-bond acceptors (Lipinski definition) is 4. The molecule has 1 aromatic rings. The van der Waals surface area contributed by atoms with E-state index in [2.05, 4.69) is 0 Å². The van der Waals surface area contributed by atoms with Crippen molar-refractivity contribution in [3.05, 3.63) is 22.4 Å². The Hall–Kier alpha value is -0.470. The minimum absolute atomic E-state index is 0.290. The van der Waals surface area contributed by atoms with Crippen LogP contribution in [-0.2, 0) is 16.8 Å². The van der Waals surface area contributed by atoms with Crippen LogP contribution in [0.3, 0.4) is 0 Å². The van der Waals surface area contributed by atoms with E-state index < -0.39 is 10.2 Å². The fourth-order valence-corrected chi connectivity index (χ4v) is 4.47. The van der Waals surface area contributed by atoms with Gasteiger partial charge in [-0.05, 0) is 47.7 Å². The number of piperidine rings is 1. The topological polar surface area (TPSA) is 66.6 Å². The lowest BCUT2D eigenvalue weighted by Gasteiger charge is -2.33. The lowest BCUT2D eigenvalue weighted by atomic mass is 10.0. The molecule has 1 aliphatic heterocycles. The zero-order chi connectivity index (χ0) is 13.9. The second-order valence-corrected chi connectivity index (χ2v) is 7.81. The average molecular weight is 303 g/mol. The molecule has 7 heteroatoms. The number of rotatable bonds is 5. The van der Waals surface area contributed by atoms with E-state index in [1.54, 1.807) is 22.7 Å². The molecule has 1 fully saturated rings. The molecule has 2 rings (SSSR count). The molecule has 0 aliphatic carbocycles. The number of thiophene rings is 1. The third-order valence-electron chi connectivity index (χ3n) is 3.52. The Kier molecular flexibility index (Phi) is 4.97. The van der Waals surface area contributed by atoms with Gasteiger partial charge in [0.2, 0.25) is 0 Å². The van der Waals surface area contributed by atoms with Crippen molar-refractivity contribution in [2.45, 2.75) is 19.4 Å². The van der Waals surface area contributed by atoms with E-state index >= 15 is 0 Å². The zero-order valence-electron chi connectivity index (χ0n) is 11.2. The highest BCUT2D eigenvalue weighted by Gasteiger charge is 2.31. The molecule has 1 unspecified atom stereocenters. The fraction of sp³-hybridized carbons (Fsp3) is 0.667. The molecule has 1 atom stereocenters. The second-order valence-electron chi connectivity index (χ2n) is 5.00. The summed E-state index contributed by atoms with van der Waals surface area (Å²) in [6, 6.07) is 1.95. The maximum Gasteiger partial charge on any atom is 0.282 e. The molecule has 0 saturated carbocycles. The van der Waals surface area contributed by atoms with Crippen molar-refractivity contribution in [1.29, 1.82) is 0 Å². The van der Waals surface area contributed by atoms with Crippen LogP contribution in [0.25, 0.3) is 0 Å². The summed E-state index contributed by atoms with van der Waals surface area (Å²) in [7, 11) is -1.73. The first-order valence-corrected chi connectivity index (χ1v) is 8.80. The molecule has 0 bridgehead atoms. The molecule has 0 aromatic carbocycles. The summed E-state index contributed by atoms with van der Waals surface area (Å²) in [6.07, 6.45) is 1.92. The molecular weight excluding hydrogens is 282 g/mol. The minimum atomic E-state index is -3.37. The molecule has 0 spiro atoms. The van der Waals surface area contributed by atoms with Gasteiger partial charge in [-0.3, -0.25) is 0 Å². The molecule has 2 N–H and O–H groups in total. The predicted molar refractivity (Wildman–Crippen MR) is 78.1 cm³/mol. The Balaban J connectivity index is 2.04. The van der Waals surface area contributed by atoms with E-state index in [0.717, 1.165) is 18.4 Å². The van der Waals surface area contributed by atoms with Crippen LogP contribution in [0, 0.1) is 5.92 Å². The van der Waals surface area contributed by atoms with Crippen LogP contribution < -0.4 is 5.73 Å². The van der Waals surface area contributed by atoms with Gasteiger partial charge in [-0.2, -0.15) is 28.4 Å². The fourth-order valence-electron chi connectivity index (χ4n) is 2.35. The van der Waals surface area contributed by atoms with Gasteiger partial charge in [-0.25, -0.2) is 0 Å². The standard InChI is InChI=1S/C12H21N3O2S2/c1-14(8-12-4-6-18-10-12)19(16,17)15-5-2-3-11(7-13)9-15/h4,6,10-11H,2-3,5,7-9,13H2,1H3. The van der Waals surface area contributed by atoms with Gasteiger partial charge < -0.3 is 5.73 Å². The van der Waals surface area contributed by atoms with Crippen molar-refractivity contribution in [2.24, 2.45) is 11.7 Å². The number of nitrogens with zero attached hydrogens (tertiary/aromatic N) is 2. The van der Waals surface area contributed by atoms with Crippen LogP contribution in [0.5, 0.6) is 0 Å². The molecular formula is C12H21N3O2S2. The summed E-state index contributed by atoms with van der Waals surface area (Å²) < 4.78 is 28.0. The summed E-state index contributed by atoms with van der Waals surface area (Å²) in [4.78, 5) is 0. The zero-order valence-corrected chi connectivity index (χ0v) is 12.8. The quantitative estimate of drug-likeness (QED) is 0.885. The smallest absolute Gasteiger partial charge is 0.282 e. The normalized spacial score (nSPS) is 21.9. The lowest BCUT2D eigenvalue weighted by molar-refractivity contribution is 0.255. The van der Waals surface area contributed by atoms with Gasteiger partial charge >= 0.3 is 0 Å². The number of nitrogens with two attached hydrogens (primary N) is 1. The first-order valence-electron chi connectivity index (χ1n) is 6.46. The van der Waals surface area contributed by atoms with Crippen LogP contribution in [0.15, 0.2) is 16.8 Å². The summed E-state index contributed by atoms with van der Waals surface area (Å²) in [6.45, 7) is 2.13. The molecule has 0 radical (unpaired) electrons. The first kappa shape index (κ1) is 14.9. The third-order valence-corrected chi connectivity index (χ3v) is 6.15. The van der Waals surface area contributed by atoms with Crippen molar-refractivity contribution in [3.63, 3.8) is 0 Å². The van der Waals surface area contributed by atoms with Crippen molar-refractivity contribution >= 4 is 21.5 Å². The summed E-state index contributed by atoms with van der Waals surface area (Å²) in [5.74, 6) is 0.290. The Bertz CT molecular complexity index is 487. The molecule has 5 nitrogen and oxygen atoms in total. The summed E-state index contributed by atoms with van der Waals surface area (Å²) >= 11 is 1.58. The largest absolute Gasteiger partial charge is 0.330 e. The van der Waals surface area contributed by atoms with Crippen molar-refractivity contribution in [2.75, 3.05) is 26.7 Å². The SMILES string of the molecule is CN(Cc1ccsc1)S(=O)(=O)N1CCCC(CN)C1. The predicted octanol–water partition coefficient (Wildman–Crippen LogP) is 1.10. The van der Waals surface area contributed by atoms with Crippen LogP contribution in [0.1, 0.15) is 18.4 Å². The van der Waals surface area contributed by atoms with Crippen molar-refractivity contribution in [1.82, 2.24) is 8.61 Å². The Morgan fingerprint density at radius 1 is 1.58 bits per heavy atom. The first-order chi connectivity index (χ1) is 9.04. The molecule has 19 heavy (non-hydrogen) atoms. The van der Waals surface area contributed by atoms with Crippen LogP contribution >= 0.6 is 11.3 Å². The van der Waals surface area contributed by atoms with E-state index in [0.29, 0.717) is 26.2 Å². The van der Waals surface area contributed by atoms with Crippen LogP contribution in [0.2, 0.25) is 0 Å². The van der Waals surface area contributed by atoms with Gasteiger partial charge in [0.1, 0.15) is 0 Å². The summed E-state index contributed by atoms with van der Waals surface area (Å²) in [5, 5.41) is 3.94. The van der Waals surface area contributed by atoms with E-state index in [4.69, 9.17) is 5.73 Å². The highest BCUT2D eigenvalue weighted by atomic mass is 32.2. The highest BCUT2D eigenvalue weighted by molar-refractivity contribution is 7.86. The second kappa shape index (κ2) is 6.32. The van der Waals surface area contributed by atoms with E-state index in [9.17, 15) is 8.42 Å². The van der Waals surface area contributed by atoms with E-state index in [1.807, 2.05) is 16.8 Å². The van der Waals surface area contributed by atoms with Gasteiger partial charge in [0.25, 0.3) is 10.2 Å². The molecule has 1 aromatic heterocycles. The highest BCUT2D eigenvalue weighted by Crippen LogP contribution is 2.21. The van der Waals surface area contributed by atoms with Gasteiger partial charge in [0.15, 0.2) is 0 Å². The Morgan fingerprint density at radius 3 is 3.00 bits per heavy atom. The third kappa shape index (κ3) is 3.55. The number of hydrogen-bond donors (Lipinski definition) is 1. The maximum absolute atomic E-state index is 12.5. The van der Waals surface area contributed by atoms with Crippen molar-refractivity contribution < 1.29 is 8.42 Å². The average Bonchev–Trinajstić information content (AvgIpc) is 2.91. The van der Waals surface area contributed by atoms with Gasteiger partial charge in [0, 0.05) is 26.7 Å². The summed E-state index contributed by atoms with van der Waals surface area (Å²) in [5.41, 5.74) is 6.69. The molecule has 108 valence electrons. The lowest BCUT2D eigenvalue weighted by Crippen LogP contribution is -2.47. The minimum Gasteiger partial charge on any atom is -0.330 e. The van der Waals surface area contributed by atoms with Gasteiger partial charge in [-0.15, -0.1) is 0 Å². The van der Waals surface area contributed by atoms with Crippen LogP contribution in [0.4, 0.5) is 0 Å². The Morgan fingerprint density at radius 2 is 2.37 bits per heavy atom. The van der Waals surface area contributed by atoms with Gasteiger partial charge in [-0.1, -0.05) is 0 Å². The van der Waals surface area contributed by atoms with Gasteiger partial charge in [0.05, 0.1) is 0 Å². The molecule has 1 aliphatic rings. The maximum atomic E-state index is 12.5. The molecule has 0 amide bonds.